The zero-order chi connectivity index (χ0) is 20.9. The average molecular weight is 406 g/mol. The second-order valence-electron chi connectivity index (χ2n) is 7.32. The van der Waals surface area contributed by atoms with Crippen molar-refractivity contribution in [2.75, 3.05) is 27.3 Å². The Morgan fingerprint density at radius 1 is 1.10 bits per heavy atom. The largest absolute Gasteiger partial charge is 0.493 e. The molecule has 0 saturated carbocycles. The van der Waals surface area contributed by atoms with Gasteiger partial charge in [-0.05, 0) is 47.4 Å². The number of nitrogens with zero attached hydrogens (tertiary/aromatic N) is 1. The van der Waals surface area contributed by atoms with Crippen molar-refractivity contribution >= 4 is 5.91 Å². The monoisotopic (exact) mass is 406 g/mol. The van der Waals surface area contributed by atoms with Gasteiger partial charge in [-0.15, -0.1) is 0 Å². The van der Waals surface area contributed by atoms with E-state index < -0.39 is 0 Å². The minimum atomic E-state index is -0.215. The van der Waals surface area contributed by atoms with Gasteiger partial charge in [-0.2, -0.15) is 0 Å². The molecule has 0 fully saturated rings. The Kier molecular flexibility index (Phi) is 6.05. The van der Waals surface area contributed by atoms with Crippen LogP contribution in [0.15, 0.2) is 65.3 Å². The lowest BCUT2D eigenvalue weighted by Crippen LogP contribution is -2.41. The molecule has 1 N–H and O–H groups in total. The molecule has 1 amide bonds. The number of hydrogen-bond donors (Lipinski definition) is 1. The van der Waals surface area contributed by atoms with E-state index in [9.17, 15) is 4.79 Å². The van der Waals surface area contributed by atoms with E-state index in [1.54, 1.807) is 26.4 Å². The molecule has 0 aliphatic carbocycles. The highest BCUT2D eigenvalue weighted by molar-refractivity contribution is 5.91. The van der Waals surface area contributed by atoms with Crippen LogP contribution in [0.4, 0.5) is 0 Å². The summed E-state index contributed by atoms with van der Waals surface area (Å²) in [4.78, 5) is 14.9. The van der Waals surface area contributed by atoms with Crippen molar-refractivity contribution < 1.29 is 18.7 Å². The SMILES string of the molecule is COc1cc2c(cc1OC)[C@@H](CNC(=O)c1ccco1)N(Cc1ccccc1)CC2. The molecule has 2 heterocycles. The van der Waals surface area contributed by atoms with Gasteiger partial charge in [0.15, 0.2) is 17.3 Å². The maximum Gasteiger partial charge on any atom is 0.287 e. The third-order valence-corrected chi connectivity index (χ3v) is 5.54. The van der Waals surface area contributed by atoms with Gasteiger partial charge in [0.05, 0.1) is 26.5 Å². The average Bonchev–Trinajstić information content (AvgIpc) is 3.33. The zero-order valence-electron chi connectivity index (χ0n) is 17.3. The Hall–Kier alpha value is -3.25. The van der Waals surface area contributed by atoms with Crippen LogP contribution in [-0.4, -0.2) is 38.1 Å². The van der Waals surface area contributed by atoms with E-state index in [1.165, 1.54) is 17.4 Å². The Balaban J connectivity index is 1.63. The minimum absolute atomic E-state index is 0.00711. The molecule has 0 spiro atoms. The van der Waals surface area contributed by atoms with Crippen LogP contribution in [0.1, 0.15) is 33.3 Å². The van der Waals surface area contributed by atoms with Gasteiger partial charge in [-0.3, -0.25) is 9.69 Å². The van der Waals surface area contributed by atoms with Gasteiger partial charge in [0.2, 0.25) is 0 Å². The molecule has 1 atom stereocenters. The van der Waals surface area contributed by atoms with E-state index in [4.69, 9.17) is 13.9 Å². The lowest BCUT2D eigenvalue weighted by atomic mass is 9.91. The van der Waals surface area contributed by atoms with E-state index in [2.05, 4.69) is 40.5 Å². The van der Waals surface area contributed by atoms with E-state index in [0.717, 1.165) is 30.8 Å². The van der Waals surface area contributed by atoms with Gasteiger partial charge < -0.3 is 19.2 Å². The summed E-state index contributed by atoms with van der Waals surface area (Å²) in [5, 5.41) is 3.03. The van der Waals surface area contributed by atoms with Gasteiger partial charge in [0.25, 0.3) is 5.91 Å². The number of ether oxygens (including phenoxy) is 2. The standard InChI is InChI=1S/C24H26N2O4/c1-28-22-13-18-10-11-26(16-17-7-4-3-5-8-17)20(19(18)14-23(22)29-2)15-25-24(27)21-9-6-12-30-21/h3-9,12-14,20H,10-11,15-16H2,1-2H3,(H,25,27)/t20-/m1/s1. The molecule has 0 unspecified atom stereocenters. The Labute approximate surface area is 176 Å². The third kappa shape index (κ3) is 4.19. The van der Waals surface area contributed by atoms with Crippen molar-refractivity contribution in [3.63, 3.8) is 0 Å². The molecule has 0 saturated heterocycles. The summed E-state index contributed by atoms with van der Waals surface area (Å²) in [6, 6.07) is 17.9. The van der Waals surface area contributed by atoms with Crippen molar-refractivity contribution in [2.24, 2.45) is 0 Å². The summed E-state index contributed by atoms with van der Waals surface area (Å²) in [6.45, 7) is 2.16. The molecule has 4 rings (SSSR count). The molecule has 1 aromatic heterocycles. The van der Waals surface area contributed by atoms with Gasteiger partial charge in [-0.25, -0.2) is 0 Å². The maximum absolute atomic E-state index is 12.5. The number of rotatable bonds is 7. The predicted octanol–water partition coefficient (Wildman–Crippen LogP) is 3.83. The van der Waals surface area contributed by atoms with Crippen molar-refractivity contribution in [2.45, 2.75) is 19.0 Å². The van der Waals surface area contributed by atoms with Crippen LogP contribution < -0.4 is 14.8 Å². The maximum atomic E-state index is 12.5. The number of methoxy groups -OCH3 is 2. The van der Waals surface area contributed by atoms with Gasteiger partial charge in [-0.1, -0.05) is 30.3 Å². The smallest absolute Gasteiger partial charge is 0.287 e. The van der Waals surface area contributed by atoms with E-state index in [1.807, 2.05) is 12.1 Å². The second-order valence-corrected chi connectivity index (χ2v) is 7.32. The summed E-state index contributed by atoms with van der Waals surface area (Å²) < 4.78 is 16.3. The molecule has 156 valence electrons. The van der Waals surface area contributed by atoms with Crippen molar-refractivity contribution in [3.8, 4) is 11.5 Å². The van der Waals surface area contributed by atoms with E-state index in [-0.39, 0.29) is 11.9 Å². The first-order chi connectivity index (χ1) is 14.7. The Morgan fingerprint density at radius 3 is 2.57 bits per heavy atom. The zero-order valence-corrected chi connectivity index (χ0v) is 17.3. The first-order valence-corrected chi connectivity index (χ1v) is 10.0. The normalized spacial score (nSPS) is 16.0. The molecule has 1 aliphatic heterocycles. The number of furan rings is 1. The van der Waals surface area contributed by atoms with Crippen LogP contribution in [0.25, 0.3) is 0 Å². The van der Waals surface area contributed by atoms with Crippen molar-refractivity contribution in [1.29, 1.82) is 0 Å². The van der Waals surface area contributed by atoms with E-state index >= 15 is 0 Å². The number of nitrogens with one attached hydrogen (secondary N) is 1. The molecule has 1 aliphatic rings. The lowest BCUT2D eigenvalue weighted by molar-refractivity contribution is 0.0898. The molecule has 6 heteroatoms. The quantitative estimate of drug-likeness (QED) is 0.646. The number of benzene rings is 2. The fourth-order valence-electron chi connectivity index (χ4n) is 4.01. The Morgan fingerprint density at radius 2 is 1.87 bits per heavy atom. The number of carbonyl (C=O) groups is 1. The van der Waals surface area contributed by atoms with Crippen LogP contribution in [0, 0.1) is 0 Å². The minimum Gasteiger partial charge on any atom is -0.493 e. The third-order valence-electron chi connectivity index (χ3n) is 5.54. The highest BCUT2D eigenvalue weighted by Crippen LogP contribution is 2.38. The van der Waals surface area contributed by atoms with Gasteiger partial charge in [0, 0.05) is 19.6 Å². The molecule has 2 aromatic carbocycles. The summed E-state index contributed by atoms with van der Waals surface area (Å²) in [5.74, 6) is 1.52. The summed E-state index contributed by atoms with van der Waals surface area (Å²) in [6.07, 6.45) is 2.41. The van der Waals surface area contributed by atoms with Crippen LogP contribution >= 0.6 is 0 Å². The van der Waals surface area contributed by atoms with Crippen molar-refractivity contribution in [1.82, 2.24) is 10.2 Å². The first-order valence-electron chi connectivity index (χ1n) is 10.0. The molecular weight excluding hydrogens is 380 g/mol. The van der Waals surface area contributed by atoms with Crippen LogP contribution in [-0.2, 0) is 13.0 Å². The first kappa shape index (κ1) is 20.0. The molecule has 0 bridgehead atoms. The number of fused-ring (bicyclic) bond motifs is 1. The lowest BCUT2D eigenvalue weighted by Gasteiger charge is -2.38. The second kappa shape index (κ2) is 9.05. The summed E-state index contributed by atoms with van der Waals surface area (Å²) in [5.41, 5.74) is 3.60. The van der Waals surface area contributed by atoms with Crippen molar-refractivity contribution in [3.05, 3.63) is 83.3 Å². The molecular formula is C24H26N2O4. The number of amides is 1. The fourth-order valence-corrected chi connectivity index (χ4v) is 4.01. The molecule has 0 radical (unpaired) electrons. The van der Waals surface area contributed by atoms with Crippen LogP contribution in [0.2, 0.25) is 0 Å². The number of carbonyl (C=O) groups excluding carboxylic acids is 1. The summed E-state index contributed by atoms with van der Waals surface area (Å²) in [7, 11) is 3.29. The highest BCUT2D eigenvalue weighted by atomic mass is 16.5. The molecule has 3 aromatic rings. The summed E-state index contributed by atoms with van der Waals surface area (Å²) >= 11 is 0. The molecule has 30 heavy (non-hydrogen) atoms. The Bertz CT molecular complexity index is 986. The molecule has 6 nitrogen and oxygen atoms in total. The van der Waals surface area contributed by atoms with E-state index in [0.29, 0.717) is 18.1 Å². The van der Waals surface area contributed by atoms with Crippen LogP contribution in [0.5, 0.6) is 11.5 Å². The van der Waals surface area contributed by atoms with Gasteiger partial charge >= 0.3 is 0 Å². The fraction of sp³-hybridized carbons (Fsp3) is 0.292. The highest BCUT2D eigenvalue weighted by Gasteiger charge is 2.29. The van der Waals surface area contributed by atoms with Crippen LogP contribution in [0.3, 0.4) is 0 Å². The number of hydrogen-bond acceptors (Lipinski definition) is 5. The van der Waals surface area contributed by atoms with Gasteiger partial charge in [0.1, 0.15) is 0 Å². The predicted molar refractivity (Wildman–Crippen MR) is 114 cm³/mol. The topological polar surface area (TPSA) is 63.9 Å².